The lowest BCUT2D eigenvalue weighted by Crippen LogP contribution is -2.20. The highest BCUT2D eigenvalue weighted by atomic mass is 32.2. The molecule has 0 saturated carbocycles. The molecule has 0 radical (unpaired) electrons. The van der Waals surface area contributed by atoms with Crippen molar-refractivity contribution in [3.63, 3.8) is 0 Å². The van der Waals surface area contributed by atoms with Crippen LogP contribution >= 0.6 is 11.8 Å². The molecule has 0 bridgehead atoms. The van der Waals surface area contributed by atoms with E-state index >= 15 is 0 Å². The van der Waals surface area contributed by atoms with Gasteiger partial charge in [-0.2, -0.15) is 0 Å². The average molecular weight is 290 g/mol. The van der Waals surface area contributed by atoms with Crippen molar-refractivity contribution in [1.82, 2.24) is 9.88 Å². The van der Waals surface area contributed by atoms with Gasteiger partial charge >= 0.3 is 0 Å². The number of pyridine rings is 1. The van der Waals surface area contributed by atoms with Gasteiger partial charge in [-0.25, -0.2) is 9.37 Å². The van der Waals surface area contributed by atoms with Gasteiger partial charge in [0.15, 0.2) is 0 Å². The monoisotopic (exact) mass is 290 g/mol. The molecule has 0 saturated heterocycles. The first-order chi connectivity index (χ1) is 9.63. The van der Waals surface area contributed by atoms with E-state index in [0.29, 0.717) is 0 Å². The van der Waals surface area contributed by atoms with Crippen LogP contribution in [0.1, 0.15) is 11.1 Å². The molecular weight excluding hydrogens is 271 g/mol. The minimum absolute atomic E-state index is 0.183. The van der Waals surface area contributed by atoms with E-state index in [0.717, 1.165) is 29.4 Å². The predicted octanol–water partition coefficient (Wildman–Crippen LogP) is 3.75. The Hall–Kier alpha value is -1.39. The number of aromatic nitrogens is 1. The molecule has 0 aliphatic heterocycles. The summed E-state index contributed by atoms with van der Waals surface area (Å²) in [7, 11) is 2.08. The molecule has 0 spiro atoms. The fourth-order valence-electron chi connectivity index (χ4n) is 1.83. The van der Waals surface area contributed by atoms with Crippen LogP contribution in [0.25, 0.3) is 0 Å². The Balaban J connectivity index is 1.73. The van der Waals surface area contributed by atoms with Crippen molar-refractivity contribution in [2.75, 3.05) is 19.3 Å². The molecule has 1 heterocycles. The highest BCUT2D eigenvalue weighted by Gasteiger charge is 2.02. The van der Waals surface area contributed by atoms with Crippen LogP contribution < -0.4 is 0 Å². The molecule has 0 fully saturated rings. The molecule has 0 amide bonds. The molecule has 1 aromatic heterocycles. The summed E-state index contributed by atoms with van der Waals surface area (Å²) < 4.78 is 12.8. The third-order valence-electron chi connectivity index (χ3n) is 2.97. The Morgan fingerprint density at radius 3 is 2.55 bits per heavy atom. The van der Waals surface area contributed by atoms with Gasteiger partial charge in [-0.3, -0.25) is 0 Å². The van der Waals surface area contributed by atoms with E-state index in [1.54, 1.807) is 11.8 Å². The summed E-state index contributed by atoms with van der Waals surface area (Å²) >= 11 is 1.76. The molecule has 1 aromatic carbocycles. The number of thioether (sulfide) groups is 1. The second-order valence-electron chi connectivity index (χ2n) is 4.89. The summed E-state index contributed by atoms with van der Waals surface area (Å²) in [5.74, 6) is 0.811. The van der Waals surface area contributed by atoms with Crippen LogP contribution in [0.2, 0.25) is 0 Å². The summed E-state index contributed by atoms with van der Waals surface area (Å²) in [4.78, 5) is 6.60. The fraction of sp³-hybridized carbons (Fsp3) is 0.312. The summed E-state index contributed by atoms with van der Waals surface area (Å²) in [6, 6.07) is 10.8. The Morgan fingerprint density at radius 1 is 1.15 bits per heavy atom. The molecule has 0 atom stereocenters. The zero-order chi connectivity index (χ0) is 14.4. The molecule has 106 valence electrons. The smallest absolute Gasteiger partial charge is 0.123 e. The van der Waals surface area contributed by atoms with Crippen molar-refractivity contribution >= 4 is 11.8 Å². The molecule has 0 aliphatic carbocycles. The Kier molecular flexibility index (Phi) is 5.56. The first-order valence-electron chi connectivity index (χ1n) is 6.62. The Morgan fingerprint density at radius 2 is 1.90 bits per heavy atom. The van der Waals surface area contributed by atoms with Crippen LogP contribution in [0.5, 0.6) is 0 Å². The number of rotatable bonds is 6. The van der Waals surface area contributed by atoms with E-state index < -0.39 is 0 Å². The van der Waals surface area contributed by atoms with Gasteiger partial charge in [0, 0.05) is 25.0 Å². The third kappa shape index (κ3) is 4.94. The van der Waals surface area contributed by atoms with Crippen molar-refractivity contribution in [2.24, 2.45) is 0 Å². The molecule has 0 aliphatic rings. The van der Waals surface area contributed by atoms with Gasteiger partial charge in [0.05, 0.1) is 5.03 Å². The molecule has 0 unspecified atom stereocenters. The van der Waals surface area contributed by atoms with E-state index in [2.05, 4.69) is 29.1 Å². The first-order valence-corrected chi connectivity index (χ1v) is 7.60. The second-order valence-corrected chi connectivity index (χ2v) is 6.00. The summed E-state index contributed by atoms with van der Waals surface area (Å²) in [6.07, 6.45) is 1.89. The van der Waals surface area contributed by atoms with Gasteiger partial charge in [-0.05, 0) is 43.3 Å². The van der Waals surface area contributed by atoms with Crippen LogP contribution in [-0.2, 0) is 6.54 Å². The van der Waals surface area contributed by atoms with Crippen LogP contribution in [0, 0.1) is 12.7 Å². The van der Waals surface area contributed by atoms with Crippen molar-refractivity contribution in [3.8, 4) is 0 Å². The van der Waals surface area contributed by atoms with E-state index in [-0.39, 0.29) is 5.82 Å². The van der Waals surface area contributed by atoms with Gasteiger partial charge in [0.1, 0.15) is 5.82 Å². The van der Waals surface area contributed by atoms with Crippen molar-refractivity contribution in [1.29, 1.82) is 0 Å². The highest BCUT2D eigenvalue weighted by molar-refractivity contribution is 7.99. The largest absolute Gasteiger partial charge is 0.301 e. The lowest BCUT2D eigenvalue weighted by atomic mass is 10.2. The fourth-order valence-corrected chi connectivity index (χ4v) is 2.73. The molecular formula is C16H19FN2S. The van der Waals surface area contributed by atoms with Crippen LogP contribution in [0.4, 0.5) is 4.39 Å². The molecule has 20 heavy (non-hydrogen) atoms. The topological polar surface area (TPSA) is 16.1 Å². The normalized spacial score (nSPS) is 11.0. The SMILES string of the molecule is Cc1ccc(SCCN(C)Cc2ccc(F)cc2)nc1. The van der Waals surface area contributed by atoms with Gasteiger partial charge < -0.3 is 4.90 Å². The second kappa shape index (κ2) is 7.41. The maximum absolute atomic E-state index is 12.8. The van der Waals surface area contributed by atoms with E-state index in [1.165, 1.54) is 17.7 Å². The molecule has 4 heteroatoms. The molecule has 2 nitrogen and oxygen atoms in total. The lowest BCUT2D eigenvalue weighted by Gasteiger charge is -2.16. The number of benzene rings is 1. The summed E-state index contributed by atoms with van der Waals surface area (Å²) in [5.41, 5.74) is 2.31. The number of nitrogens with zero attached hydrogens (tertiary/aromatic N) is 2. The molecule has 0 N–H and O–H groups in total. The van der Waals surface area contributed by atoms with Crippen LogP contribution in [0.15, 0.2) is 47.6 Å². The molecule has 2 aromatic rings. The number of hydrogen-bond donors (Lipinski definition) is 0. The highest BCUT2D eigenvalue weighted by Crippen LogP contribution is 2.15. The lowest BCUT2D eigenvalue weighted by molar-refractivity contribution is 0.348. The van der Waals surface area contributed by atoms with Gasteiger partial charge in [-0.1, -0.05) is 18.2 Å². The maximum Gasteiger partial charge on any atom is 0.123 e. The quantitative estimate of drug-likeness (QED) is 0.754. The number of halogens is 1. The van der Waals surface area contributed by atoms with Crippen LogP contribution in [-0.4, -0.2) is 29.2 Å². The zero-order valence-electron chi connectivity index (χ0n) is 11.8. The zero-order valence-corrected chi connectivity index (χ0v) is 12.7. The van der Waals surface area contributed by atoms with Crippen LogP contribution in [0.3, 0.4) is 0 Å². The average Bonchev–Trinajstić information content (AvgIpc) is 2.44. The van der Waals surface area contributed by atoms with E-state index in [1.807, 2.05) is 25.3 Å². The number of aryl methyl sites for hydroxylation is 1. The van der Waals surface area contributed by atoms with Crippen molar-refractivity contribution in [2.45, 2.75) is 18.5 Å². The third-order valence-corrected chi connectivity index (χ3v) is 3.90. The summed E-state index contributed by atoms with van der Waals surface area (Å²) in [5, 5.41) is 1.06. The number of hydrogen-bond acceptors (Lipinski definition) is 3. The Bertz CT molecular complexity index is 525. The minimum Gasteiger partial charge on any atom is -0.301 e. The van der Waals surface area contributed by atoms with Gasteiger partial charge in [0.25, 0.3) is 0 Å². The first kappa shape index (κ1) is 15.0. The Labute approximate surface area is 124 Å². The summed E-state index contributed by atoms with van der Waals surface area (Å²) in [6.45, 7) is 3.84. The molecule has 2 rings (SSSR count). The van der Waals surface area contributed by atoms with Crippen molar-refractivity contribution in [3.05, 3.63) is 59.5 Å². The minimum atomic E-state index is -0.183. The van der Waals surface area contributed by atoms with Crippen molar-refractivity contribution < 1.29 is 4.39 Å². The predicted molar refractivity (Wildman–Crippen MR) is 82.4 cm³/mol. The maximum atomic E-state index is 12.8. The standard InChI is InChI=1S/C16H19FN2S/c1-13-3-8-16(18-11-13)20-10-9-19(2)12-14-4-6-15(17)7-5-14/h3-8,11H,9-10,12H2,1-2H3. The van der Waals surface area contributed by atoms with Gasteiger partial charge in [0.2, 0.25) is 0 Å². The van der Waals surface area contributed by atoms with E-state index in [4.69, 9.17) is 0 Å². The van der Waals surface area contributed by atoms with E-state index in [9.17, 15) is 4.39 Å². The van der Waals surface area contributed by atoms with Gasteiger partial charge in [-0.15, -0.1) is 11.8 Å².